The minimum Gasteiger partial charge on any atom is -0.486 e. The van der Waals surface area contributed by atoms with Crippen molar-refractivity contribution in [1.29, 1.82) is 0 Å². The maximum Gasteiger partial charge on any atom is 0.355 e. The summed E-state index contributed by atoms with van der Waals surface area (Å²) in [5, 5.41) is 0.306. The van der Waals surface area contributed by atoms with E-state index in [2.05, 4.69) is 0 Å². The summed E-state index contributed by atoms with van der Waals surface area (Å²) < 4.78 is 26.0. The largest absolute Gasteiger partial charge is 0.486 e. The van der Waals surface area contributed by atoms with E-state index in [0.29, 0.717) is 35.4 Å². The summed E-state index contributed by atoms with van der Waals surface area (Å²) in [4.78, 5) is 25.8. The molecule has 0 fully saturated rings. The van der Waals surface area contributed by atoms with Crippen LogP contribution in [0.5, 0.6) is 11.5 Å². The predicted octanol–water partition coefficient (Wildman–Crippen LogP) is 1.51. The molecule has 2 heterocycles. The van der Waals surface area contributed by atoms with Gasteiger partial charge >= 0.3 is 11.9 Å². The first-order chi connectivity index (χ1) is 12.1. The molecular weight excluding hydrogens is 354 g/mol. The van der Waals surface area contributed by atoms with Gasteiger partial charge in [0.1, 0.15) is 25.6 Å². The molecule has 0 saturated heterocycles. The molecule has 134 valence electrons. The summed E-state index contributed by atoms with van der Waals surface area (Å²) >= 11 is 6.35. The smallest absolute Gasteiger partial charge is 0.355 e. The number of hydrogen-bond donors (Lipinski definition) is 0. The Kier molecular flexibility index (Phi) is 5.00. The molecule has 0 spiro atoms. The Morgan fingerprint density at radius 2 is 1.72 bits per heavy atom. The van der Waals surface area contributed by atoms with Crippen LogP contribution in [0.4, 0.5) is 5.69 Å². The molecule has 0 bridgehead atoms. The summed E-state index contributed by atoms with van der Waals surface area (Å²) in [6, 6.07) is 3.22. The van der Waals surface area contributed by atoms with Crippen LogP contribution in [0.2, 0.25) is 5.02 Å². The number of methoxy groups -OCH3 is 2. The highest BCUT2D eigenvalue weighted by Gasteiger charge is 2.34. The number of anilines is 1. The van der Waals surface area contributed by atoms with Gasteiger partial charge < -0.3 is 28.6 Å². The Morgan fingerprint density at radius 3 is 2.36 bits per heavy atom. The van der Waals surface area contributed by atoms with Crippen LogP contribution in [0, 0.1) is 0 Å². The Labute approximate surface area is 148 Å². The molecule has 1 aromatic rings. The van der Waals surface area contributed by atoms with Crippen LogP contribution in [-0.2, 0) is 23.8 Å². The lowest BCUT2D eigenvalue weighted by atomic mass is 10.1. The lowest BCUT2D eigenvalue weighted by molar-refractivity contribution is -0.140. The Hall–Kier alpha value is -2.45. The fraction of sp³-hybridized carbons (Fsp3) is 0.375. The molecule has 3 rings (SSSR count). The highest BCUT2D eigenvalue weighted by molar-refractivity contribution is 6.33. The van der Waals surface area contributed by atoms with E-state index in [-0.39, 0.29) is 24.6 Å². The lowest BCUT2D eigenvalue weighted by Crippen LogP contribution is -2.39. The van der Waals surface area contributed by atoms with Gasteiger partial charge in [-0.15, -0.1) is 0 Å². The number of halogens is 1. The van der Waals surface area contributed by atoms with E-state index < -0.39 is 11.9 Å². The molecule has 0 N–H and O–H groups in total. The minimum atomic E-state index is -0.699. The normalized spacial score (nSPS) is 16.5. The number of nitrogens with zero attached hydrogens (tertiary/aromatic N) is 1. The van der Waals surface area contributed by atoms with Gasteiger partial charge in [-0.3, -0.25) is 0 Å². The molecule has 2 aliphatic rings. The standard InChI is InChI=1S/C16H16ClNO7/c1-21-15(19)9-7-23-8-18(14(9)16(20)22-2)11-6-13-12(5-10(11)17)24-3-4-25-13/h5-6H,3-4,7-8H2,1-2H3. The summed E-state index contributed by atoms with van der Waals surface area (Å²) in [5.74, 6) is -0.386. The zero-order valence-corrected chi connectivity index (χ0v) is 14.4. The van der Waals surface area contributed by atoms with Crippen LogP contribution in [0.15, 0.2) is 23.4 Å². The number of ether oxygens (including phenoxy) is 5. The highest BCUT2D eigenvalue weighted by Crippen LogP contribution is 2.41. The number of carbonyl (C=O) groups is 2. The van der Waals surface area contributed by atoms with E-state index >= 15 is 0 Å². The Balaban J connectivity index is 2.11. The van der Waals surface area contributed by atoms with Crippen LogP contribution >= 0.6 is 11.6 Å². The second-order valence-electron chi connectivity index (χ2n) is 5.16. The number of fused-ring (bicyclic) bond motifs is 1. The maximum atomic E-state index is 12.3. The van der Waals surface area contributed by atoms with Gasteiger partial charge in [0, 0.05) is 12.1 Å². The van der Waals surface area contributed by atoms with E-state index in [9.17, 15) is 9.59 Å². The maximum absolute atomic E-state index is 12.3. The second kappa shape index (κ2) is 7.20. The number of benzene rings is 1. The molecule has 8 nitrogen and oxygen atoms in total. The van der Waals surface area contributed by atoms with Crippen LogP contribution in [-0.4, -0.2) is 52.7 Å². The first-order valence-corrected chi connectivity index (χ1v) is 7.78. The van der Waals surface area contributed by atoms with Gasteiger partial charge in [-0.1, -0.05) is 11.6 Å². The quantitative estimate of drug-likeness (QED) is 0.741. The average Bonchev–Trinajstić information content (AvgIpc) is 2.65. The van der Waals surface area contributed by atoms with E-state index in [4.69, 9.17) is 35.3 Å². The molecule has 0 aromatic heterocycles. The molecule has 0 amide bonds. The lowest BCUT2D eigenvalue weighted by Gasteiger charge is -2.32. The van der Waals surface area contributed by atoms with E-state index in [1.54, 1.807) is 12.1 Å². The monoisotopic (exact) mass is 369 g/mol. The number of esters is 2. The fourth-order valence-electron chi connectivity index (χ4n) is 2.59. The van der Waals surface area contributed by atoms with Crippen LogP contribution in [0.3, 0.4) is 0 Å². The molecule has 1 aromatic carbocycles. The first-order valence-electron chi connectivity index (χ1n) is 7.41. The topological polar surface area (TPSA) is 83.5 Å². The third-order valence-corrected chi connectivity index (χ3v) is 4.04. The molecule has 0 radical (unpaired) electrons. The first kappa shape index (κ1) is 17.4. The second-order valence-corrected chi connectivity index (χ2v) is 5.57. The van der Waals surface area contributed by atoms with Crippen molar-refractivity contribution >= 4 is 29.2 Å². The van der Waals surface area contributed by atoms with Crippen molar-refractivity contribution in [3.8, 4) is 11.5 Å². The zero-order valence-electron chi connectivity index (χ0n) is 13.7. The molecule has 25 heavy (non-hydrogen) atoms. The molecular formula is C16H16ClNO7. The summed E-state index contributed by atoms with van der Waals surface area (Å²) in [6.07, 6.45) is 0. The minimum absolute atomic E-state index is 0.00426. The van der Waals surface area contributed by atoms with Gasteiger partial charge in [0.25, 0.3) is 0 Å². The SMILES string of the molecule is COC(=O)C1=C(C(=O)OC)N(c2cc3c(cc2Cl)OCCO3)COC1. The van der Waals surface area contributed by atoms with Gasteiger partial charge in [0.2, 0.25) is 0 Å². The van der Waals surface area contributed by atoms with Crippen LogP contribution < -0.4 is 14.4 Å². The Morgan fingerprint density at radius 1 is 1.08 bits per heavy atom. The summed E-state index contributed by atoms with van der Waals surface area (Å²) in [7, 11) is 2.45. The van der Waals surface area contributed by atoms with E-state index in [1.807, 2.05) is 0 Å². The summed E-state index contributed by atoms with van der Waals surface area (Å²) in [6.45, 7) is 0.757. The molecule has 2 aliphatic heterocycles. The zero-order chi connectivity index (χ0) is 18.0. The molecule has 0 unspecified atom stereocenters. The van der Waals surface area contributed by atoms with Crippen molar-refractivity contribution in [3.05, 3.63) is 28.4 Å². The van der Waals surface area contributed by atoms with Crippen molar-refractivity contribution in [2.75, 3.05) is 45.7 Å². The Bertz CT molecular complexity index is 746. The number of hydrogen-bond acceptors (Lipinski definition) is 8. The van der Waals surface area contributed by atoms with Crippen molar-refractivity contribution in [2.45, 2.75) is 0 Å². The van der Waals surface area contributed by atoms with Crippen LogP contribution in [0.1, 0.15) is 0 Å². The van der Waals surface area contributed by atoms with Crippen molar-refractivity contribution in [1.82, 2.24) is 0 Å². The van der Waals surface area contributed by atoms with Crippen LogP contribution in [0.25, 0.3) is 0 Å². The van der Waals surface area contributed by atoms with Crippen molar-refractivity contribution in [2.24, 2.45) is 0 Å². The van der Waals surface area contributed by atoms with Crippen molar-refractivity contribution < 1.29 is 33.3 Å². The summed E-state index contributed by atoms with van der Waals surface area (Å²) in [5.41, 5.74) is 0.484. The van der Waals surface area contributed by atoms with Crippen molar-refractivity contribution in [3.63, 3.8) is 0 Å². The van der Waals surface area contributed by atoms with Gasteiger partial charge in [-0.05, 0) is 0 Å². The predicted molar refractivity (Wildman–Crippen MR) is 86.8 cm³/mol. The van der Waals surface area contributed by atoms with Gasteiger partial charge in [0.15, 0.2) is 11.5 Å². The number of carbonyl (C=O) groups excluding carboxylic acids is 2. The number of rotatable bonds is 3. The van der Waals surface area contributed by atoms with Gasteiger partial charge in [-0.2, -0.15) is 0 Å². The molecule has 0 aliphatic carbocycles. The third-order valence-electron chi connectivity index (χ3n) is 3.74. The van der Waals surface area contributed by atoms with E-state index in [0.717, 1.165) is 0 Å². The van der Waals surface area contributed by atoms with Gasteiger partial charge in [0.05, 0.1) is 37.1 Å². The average molecular weight is 370 g/mol. The molecule has 9 heteroatoms. The van der Waals surface area contributed by atoms with Gasteiger partial charge in [-0.25, -0.2) is 9.59 Å². The highest BCUT2D eigenvalue weighted by atomic mass is 35.5. The fourth-order valence-corrected chi connectivity index (χ4v) is 2.85. The van der Waals surface area contributed by atoms with E-state index in [1.165, 1.54) is 19.1 Å². The molecule has 0 atom stereocenters. The third kappa shape index (κ3) is 3.22. The molecule has 0 saturated carbocycles.